The lowest BCUT2D eigenvalue weighted by molar-refractivity contribution is -0.117. The average molecular weight is 339 g/mol. The second kappa shape index (κ2) is 9.23. The molecule has 0 fully saturated rings. The van der Waals surface area contributed by atoms with Gasteiger partial charge in [0.1, 0.15) is 0 Å². The number of aryl methyl sites for hydroxylation is 1. The molecular formula is C21H29N3O. The van der Waals surface area contributed by atoms with Gasteiger partial charge in [-0.2, -0.15) is 0 Å². The molecule has 0 heterocycles. The van der Waals surface area contributed by atoms with Crippen LogP contribution in [-0.2, 0) is 17.8 Å². The third kappa shape index (κ3) is 5.91. The molecule has 4 heteroatoms. The first kappa shape index (κ1) is 19.0. The Hall–Kier alpha value is -2.33. The van der Waals surface area contributed by atoms with Crippen molar-refractivity contribution in [2.45, 2.75) is 26.8 Å². The molecule has 0 spiro atoms. The van der Waals surface area contributed by atoms with Crippen molar-refractivity contribution >= 4 is 17.3 Å². The standard InChI is InChI=1S/C21H29N3O/c1-5-17-7-11-19(12-8-17)22-21(25)16-24(6-2)15-18-9-13-20(14-10-18)23(3)4/h7-14H,5-6,15-16H2,1-4H3,(H,22,25). The van der Waals surface area contributed by atoms with Gasteiger partial charge in [0, 0.05) is 32.0 Å². The van der Waals surface area contributed by atoms with Crippen LogP contribution in [0.5, 0.6) is 0 Å². The van der Waals surface area contributed by atoms with Crippen molar-refractivity contribution in [2.24, 2.45) is 0 Å². The SMILES string of the molecule is CCc1ccc(NC(=O)CN(CC)Cc2ccc(N(C)C)cc2)cc1. The lowest BCUT2D eigenvalue weighted by atomic mass is 10.1. The summed E-state index contributed by atoms with van der Waals surface area (Å²) in [6.45, 7) is 6.20. The van der Waals surface area contributed by atoms with Gasteiger partial charge in [-0.1, -0.05) is 38.1 Å². The molecule has 1 N–H and O–H groups in total. The number of anilines is 2. The Labute approximate surface area is 151 Å². The minimum atomic E-state index is 0.0241. The van der Waals surface area contributed by atoms with E-state index in [-0.39, 0.29) is 5.91 Å². The molecule has 0 atom stereocenters. The van der Waals surface area contributed by atoms with Gasteiger partial charge in [0.05, 0.1) is 6.54 Å². The smallest absolute Gasteiger partial charge is 0.238 e. The van der Waals surface area contributed by atoms with E-state index in [2.05, 4.69) is 65.4 Å². The summed E-state index contributed by atoms with van der Waals surface area (Å²) < 4.78 is 0. The fraction of sp³-hybridized carbons (Fsp3) is 0.381. The number of likely N-dealkylation sites (N-methyl/N-ethyl adjacent to an activating group) is 1. The first-order valence-electron chi connectivity index (χ1n) is 8.89. The Kier molecular flexibility index (Phi) is 7.02. The minimum absolute atomic E-state index is 0.0241. The maximum Gasteiger partial charge on any atom is 0.238 e. The summed E-state index contributed by atoms with van der Waals surface area (Å²) in [5.41, 5.74) is 4.52. The van der Waals surface area contributed by atoms with Crippen LogP contribution in [0.4, 0.5) is 11.4 Å². The minimum Gasteiger partial charge on any atom is -0.378 e. The Balaban J connectivity index is 1.90. The van der Waals surface area contributed by atoms with Crippen LogP contribution in [0.3, 0.4) is 0 Å². The number of carbonyl (C=O) groups excluding carboxylic acids is 1. The summed E-state index contributed by atoms with van der Waals surface area (Å²) in [5.74, 6) is 0.0241. The number of amides is 1. The third-order valence-corrected chi connectivity index (χ3v) is 4.32. The van der Waals surface area contributed by atoms with Gasteiger partial charge in [-0.3, -0.25) is 9.69 Å². The van der Waals surface area contributed by atoms with Gasteiger partial charge in [0.15, 0.2) is 0 Å². The summed E-state index contributed by atoms with van der Waals surface area (Å²) in [6, 6.07) is 16.5. The summed E-state index contributed by atoms with van der Waals surface area (Å²) in [7, 11) is 4.06. The van der Waals surface area contributed by atoms with Crippen molar-refractivity contribution < 1.29 is 4.79 Å². The second-order valence-electron chi connectivity index (χ2n) is 6.46. The summed E-state index contributed by atoms with van der Waals surface area (Å²) in [6.07, 6.45) is 1.00. The molecule has 0 aliphatic carbocycles. The molecule has 2 aromatic carbocycles. The molecule has 0 bridgehead atoms. The Bertz CT molecular complexity index is 663. The van der Waals surface area contributed by atoms with Crippen molar-refractivity contribution in [3.8, 4) is 0 Å². The van der Waals surface area contributed by atoms with Gasteiger partial charge in [0.25, 0.3) is 0 Å². The van der Waals surface area contributed by atoms with E-state index in [0.717, 1.165) is 25.2 Å². The lowest BCUT2D eigenvalue weighted by Gasteiger charge is -2.20. The zero-order valence-corrected chi connectivity index (χ0v) is 15.7. The molecule has 134 valence electrons. The van der Waals surface area contributed by atoms with E-state index < -0.39 is 0 Å². The maximum atomic E-state index is 12.3. The van der Waals surface area contributed by atoms with Gasteiger partial charge in [-0.15, -0.1) is 0 Å². The first-order valence-corrected chi connectivity index (χ1v) is 8.89. The summed E-state index contributed by atoms with van der Waals surface area (Å²) >= 11 is 0. The highest BCUT2D eigenvalue weighted by Gasteiger charge is 2.10. The van der Waals surface area contributed by atoms with Crippen LogP contribution in [-0.4, -0.2) is 38.0 Å². The molecule has 0 aromatic heterocycles. The Morgan fingerprint density at radius 1 is 0.920 bits per heavy atom. The Morgan fingerprint density at radius 3 is 2.04 bits per heavy atom. The van der Waals surface area contributed by atoms with Crippen LogP contribution in [0.25, 0.3) is 0 Å². The van der Waals surface area contributed by atoms with Crippen LogP contribution in [0.1, 0.15) is 25.0 Å². The maximum absolute atomic E-state index is 12.3. The fourth-order valence-electron chi connectivity index (χ4n) is 2.66. The van der Waals surface area contributed by atoms with Crippen LogP contribution in [0, 0.1) is 0 Å². The number of nitrogens with one attached hydrogen (secondary N) is 1. The van der Waals surface area contributed by atoms with Gasteiger partial charge in [-0.25, -0.2) is 0 Å². The van der Waals surface area contributed by atoms with Crippen LogP contribution in [0.2, 0.25) is 0 Å². The number of rotatable bonds is 8. The molecule has 0 saturated heterocycles. The molecule has 1 amide bonds. The van der Waals surface area contributed by atoms with Crippen molar-refractivity contribution in [3.63, 3.8) is 0 Å². The van der Waals surface area contributed by atoms with E-state index in [4.69, 9.17) is 0 Å². The topological polar surface area (TPSA) is 35.6 Å². The lowest BCUT2D eigenvalue weighted by Crippen LogP contribution is -2.32. The largest absolute Gasteiger partial charge is 0.378 e. The molecular weight excluding hydrogens is 310 g/mol. The zero-order chi connectivity index (χ0) is 18.2. The van der Waals surface area contributed by atoms with Gasteiger partial charge >= 0.3 is 0 Å². The van der Waals surface area contributed by atoms with E-state index >= 15 is 0 Å². The second-order valence-corrected chi connectivity index (χ2v) is 6.46. The van der Waals surface area contributed by atoms with Gasteiger partial charge in [0.2, 0.25) is 5.91 Å². The van der Waals surface area contributed by atoms with Crippen molar-refractivity contribution in [1.29, 1.82) is 0 Å². The molecule has 2 rings (SSSR count). The van der Waals surface area contributed by atoms with Crippen molar-refractivity contribution in [1.82, 2.24) is 4.90 Å². The van der Waals surface area contributed by atoms with Crippen LogP contribution >= 0.6 is 0 Å². The molecule has 0 aliphatic heterocycles. The molecule has 0 radical (unpaired) electrons. The summed E-state index contributed by atoms with van der Waals surface area (Å²) in [4.78, 5) is 16.5. The molecule has 4 nitrogen and oxygen atoms in total. The van der Waals surface area contributed by atoms with E-state index in [0.29, 0.717) is 6.54 Å². The molecule has 0 aliphatic rings. The quantitative estimate of drug-likeness (QED) is 0.795. The van der Waals surface area contributed by atoms with E-state index in [1.54, 1.807) is 0 Å². The highest BCUT2D eigenvalue weighted by molar-refractivity contribution is 5.92. The molecule has 25 heavy (non-hydrogen) atoms. The van der Waals surface area contributed by atoms with Crippen molar-refractivity contribution in [2.75, 3.05) is 37.4 Å². The zero-order valence-electron chi connectivity index (χ0n) is 15.7. The first-order chi connectivity index (χ1) is 12.0. The predicted molar refractivity (Wildman–Crippen MR) is 106 cm³/mol. The molecule has 0 unspecified atom stereocenters. The monoisotopic (exact) mass is 339 g/mol. The number of hydrogen-bond acceptors (Lipinski definition) is 3. The third-order valence-electron chi connectivity index (χ3n) is 4.32. The number of benzene rings is 2. The van der Waals surface area contributed by atoms with E-state index in [1.807, 2.05) is 26.2 Å². The van der Waals surface area contributed by atoms with Gasteiger partial charge < -0.3 is 10.2 Å². The molecule has 0 saturated carbocycles. The van der Waals surface area contributed by atoms with Gasteiger partial charge in [-0.05, 0) is 48.4 Å². The average Bonchev–Trinajstić information content (AvgIpc) is 2.62. The number of carbonyl (C=O) groups is 1. The van der Waals surface area contributed by atoms with Crippen LogP contribution < -0.4 is 10.2 Å². The number of nitrogens with zero attached hydrogens (tertiary/aromatic N) is 2. The molecule has 2 aromatic rings. The van der Waals surface area contributed by atoms with E-state index in [9.17, 15) is 4.79 Å². The fourth-order valence-corrected chi connectivity index (χ4v) is 2.66. The Morgan fingerprint density at radius 2 is 1.52 bits per heavy atom. The highest BCUT2D eigenvalue weighted by atomic mass is 16.2. The normalized spacial score (nSPS) is 10.8. The predicted octanol–water partition coefficient (Wildman–Crippen LogP) is 3.78. The van der Waals surface area contributed by atoms with Crippen LogP contribution in [0.15, 0.2) is 48.5 Å². The number of hydrogen-bond donors (Lipinski definition) is 1. The highest BCUT2D eigenvalue weighted by Crippen LogP contribution is 2.14. The summed E-state index contributed by atoms with van der Waals surface area (Å²) in [5, 5.41) is 2.98. The van der Waals surface area contributed by atoms with E-state index in [1.165, 1.54) is 16.8 Å². The van der Waals surface area contributed by atoms with Crippen molar-refractivity contribution in [3.05, 3.63) is 59.7 Å².